The molecule has 0 bridgehead atoms. The Labute approximate surface area is 174 Å². The van der Waals surface area contributed by atoms with E-state index in [-0.39, 0.29) is 23.0 Å². The van der Waals surface area contributed by atoms with Gasteiger partial charge in [0.2, 0.25) is 10.0 Å². The summed E-state index contributed by atoms with van der Waals surface area (Å²) in [7, 11) is -2.29. The Hall–Kier alpha value is -2.91. The lowest BCUT2D eigenvalue weighted by molar-refractivity contribution is -0.134. The summed E-state index contributed by atoms with van der Waals surface area (Å²) in [4.78, 5) is 25.4. The van der Waals surface area contributed by atoms with Gasteiger partial charge in [-0.25, -0.2) is 17.9 Å². The first-order chi connectivity index (χ1) is 14.2. The van der Waals surface area contributed by atoms with E-state index in [2.05, 4.69) is 10.0 Å². The van der Waals surface area contributed by atoms with Crippen LogP contribution in [0.4, 0.5) is 5.69 Å². The third-order valence-corrected chi connectivity index (χ3v) is 6.71. The van der Waals surface area contributed by atoms with Crippen LogP contribution in [-0.2, 0) is 26.0 Å². The summed E-state index contributed by atoms with van der Waals surface area (Å²) in [6.45, 7) is 1.53. The van der Waals surface area contributed by atoms with Gasteiger partial charge in [0.25, 0.3) is 5.91 Å². The number of fused-ring (bicyclic) bond motifs is 1. The smallest absolute Gasteiger partial charge is 0.339 e. The molecule has 0 spiro atoms. The van der Waals surface area contributed by atoms with Gasteiger partial charge in [0.1, 0.15) is 5.75 Å². The first-order valence-electron chi connectivity index (χ1n) is 9.55. The Morgan fingerprint density at radius 2 is 1.93 bits per heavy atom. The summed E-state index contributed by atoms with van der Waals surface area (Å²) in [5.74, 6) is -0.861. The topological polar surface area (TPSA) is 111 Å². The molecule has 0 aromatic heterocycles. The van der Waals surface area contributed by atoms with E-state index in [0.29, 0.717) is 16.9 Å². The Balaban J connectivity index is 1.61. The molecule has 1 aliphatic heterocycles. The number of methoxy groups -OCH3 is 1. The predicted molar refractivity (Wildman–Crippen MR) is 109 cm³/mol. The Bertz CT molecular complexity index is 1130. The molecule has 1 unspecified atom stereocenters. The number of amides is 1. The highest BCUT2D eigenvalue weighted by Gasteiger charge is 2.43. The second kappa shape index (κ2) is 7.41. The van der Waals surface area contributed by atoms with Crippen LogP contribution in [0.25, 0.3) is 0 Å². The number of hydrogen-bond acceptors (Lipinski definition) is 6. The van der Waals surface area contributed by atoms with Gasteiger partial charge >= 0.3 is 5.97 Å². The van der Waals surface area contributed by atoms with Crippen LogP contribution in [-0.4, -0.2) is 39.0 Å². The number of carbonyl (C=O) groups is 2. The van der Waals surface area contributed by atoms with Crippen molar-refractivity contribution < 1.29 is 27.5 Å². The Morgan fingerprint density at radius 1 is 1.20 bits per heavy atom. The summed E-state index contributed by atoms with van der Waals surface area (Å²) in [5.41, 5.74) is -0.127. The summed E-state index contributed by atoms with van der Waals surface area (Å²) in [6, 6.07) is 11.1. The highest BCUT2D eigenvalue weighted by Crippen LogP contribution is 2.33. The minimum atomic E-state index is -3.71. The molecule has 30 heavy (non-hydrogen) atoms. The van der Waals surface area contributed by atoms with E-state index < -0.39 is 27.5 Å². The zero-order chi connectivity index (χ0) is 21.5. The van der Waals surface area contributed by atoms with Crippen molar-refractivity contribution in [2.24, 2.45) is 0 Å². The molecule has 4 rings (SSSR count). The average Bonchev–Trinajstić information content (AvgIpc) is 3.51. The Morgan fingerprint density at radius 3 is 2.63 bits per heavy atom. The molecule has 1 aliphatic carbocycles. The van der Waals surface area contributed by atoms with E-state index in [1.54, 1.807) is 24.3 Å². The second-order valence-corrected chi connectivity index (χ2v) is 9.38. The molecule has 2 N–H and O–H groups in total. The Kier molecular flexibility index (Phi) is 5.03. The number of cyclic esters (lactones) is 1. The molecule has 1 saturated carbocycles. The summed E-state index contributed by atoms with van der Waals surface area (Å²) in [6.07, 6.45) is 1.82. The van der Waals surface area contributed by atoms with Gasteiger partial charge in [0.05, 0.1) is 23.3 Å². The number of hydrogen-bond donors (Lipinski definition) is 2. The van der Waals surface area contributed by atoms with Crippen LogP contribution in [0, 0.1) is 0 Å². The largest absolute Gasteiger partial charge is 0.495 e. The molecule has 2 aliphatic rings. The van der Waals surface area contributed by atoms with Crippen LogP contribution in [0.1, 0.15) is 35.7 Å². The van der Waals surface area contributed by atoms with Crippen LogP contribution in [0.3, 0.4) is 0 Å². The summed E-state index contributed by atoms with van der Waals surface area (Å²) < 4.78 is 38.4. The molecule has 2 aromatic carbocycles. The SMILES string of the molecule is COc1ccc(S(=O)(=O)NC2CC2)cc1NC(=O)C1(C)Cc2ccccc2C(=O)O1. The van der Waals surface area contributed by atoms with E-state index in [0.717, 1.165) is 12.8 Å². The maximum atomic E-state index is 13.1. The standard InChI is InChI=1S/C21H22N2O6S/c1-21(12-13-5-3-4-6-16(13)19(24)29-21)20(25)22-17-11-15(9-10-18(17)28-2)30(26,27)23-14-7-8-14/h3-6,9-11,14,23H,7-8,12H2,1-2H3,(H,22,25). The van der Waals surface area contributed by atoms with E-state index in [1.165, 1.54) is 32.2 Å². The third-order valence-electron chi connectivity index (χ3n) is 5.19. The average molecular weight is 430 g/mol. The van der Waals surface area contributed by atoms with E-state index in [4.69, 9.17) is 9.47 Å². The van der Waals surface area contributed by atoms with E-state index in [1.807, 2.05) is 0 Å². The van der Waals surface area contributed by atoms with Crippen molar-refractivity contribution in [2.75, 3.05) is 12.4 Å². The molecule has 0 saturated heterocycles. The van der Waals surface area contributed by atoms with Gasteiger partial charge in [-0.2, -0.15) is 0 Å². The number of esters is 1. The van der Waals surface area contributed by atoms with Gasteiger partial charge < -0.3 is 14.8 Å². The van der Waals surface area contributed by atoms with Crippen LogP contribution < -0.4 is 14.8 Å². The molecule has 158 valence electrons. The monoisotopic (exact) mass is 430 g/mol. The fourth-order valence-electron chi connectivity index (χ4n) is 3.35. The number of rotatable bonds is 6. The molecule has 8 nitrogen and oxygen atoms in total. The van der Waals surface area contributed by atoms with Gasteiger partial charge in [-0.15, -0.1) is 0 Å². The van der Waals surface area contributed by atoms with Gasteiger partial charge in [0, 0.05) is 12.5 Å². The van der Waals surface area contributed by atoms with Crippen molar-refractivity contribution in [3.63, 3.8) is 0 Å². The normalized spacial score (nSPS) is 20.8. The molecule has 9 heteroatoms. The van der Waals surface area contributed by atoms with Crippen molar-refractivity contribution >= 4 is 27.6 Å². The zero-order valence-corrected chi connectivity index (χ0v) is 17.4. The molecule has 0 radical (unpaired) electrons. The lowest BCUT2D eigenvalue weighted by atomic mass is 9.89. The number of carbonyl (C=O) groups excluding carboxylic acids is 2. The molecule has 1 amide bonds. The molecule has 1 atom stereocenters. The maximum absolute atomic E-state index is 13.1. The molecule has 1 heterocycles. The number of nitrogens with one attached hydrogen (secondary N) is 2. The van der Waals surface area contributed by atoms with Gasteiger partial charge in [0.15, 0.2) is 5.60 Å². The van der Waals surface area contributed by atoms with Crippen molar-refractivity contribution in [3.8, 4) is 5.75 Å². The minimum Gasteiger partial charge on any atom is -0.495 e. The molecular weight excluding hydrogens is 408 g/mol. The second-order valence-electron chi connectivity index (χ2n) is 7.67. The highest BCUT2D eigenvalue weighted by molar-refractivity contribution is 7.89. The van der Waals surface area contributed by atoms with E-state index in [9.17, 15) is 18.0 Å². The molecule has 1 fully saturated rings. The molecular formula is C21H22N2O6S. The maximum Gasteiger partial charge on any atom is 0.339 e. The predicted octanol–water partition coefficient (Wildman–Crippen LogP) is 2.25. The van der Waals surface area contributed by atoms with Crippen LogP contribution in [0.5, 0.6) is 5.75 Å². The van der Waals surface area contributed by atoms with Crippen LogP contribution in [0.2, 0.25) is 0 Å². The first kappa shape index (κ1) is 20.4. The van der Waals surface area contributed by atoms with Gasteiger partial charge in [-0.05, 0) is 49.6 Å². The van der Waals surface area contributed by atoms with Crippen molar-refractivity contribution in [1.29, 1.82) is 0 Å². The quantitative estimate of drug-likeness (QED) is 0.680. The van der Waals surface area contributed by atoms with Crippen molar-refractivity contribution in [2.45, 2.75) is 42.7 Å². The zero-order valence-electron chi connectivity index (χ0n) is 16.6. The first-order valence-corrected chi connectivity index (χ1v) is 11.0. The lowest BCUT2D eigenvalue weighted by Gasteiger charge is -2.33. The summed E-state index contributed by atoms with van der Waals surface area (Å²) >= 11 is 0. The lowest BCUT2D eigenvalue weighted by Crippen LogP contribution is -2.49. The number of sulfonamides is 1. The van der Waals surface area contributed by atoms with Crippen LogP contribution >= 0.6 is 0 Å². The minimum absolute atomic E-state index is 0.0154. The van der Waals surface area contributed by atoms with E-state index >= 15 is 0 Å². The third kappa shape index (κ3) is 3.90. The number of ether oxygens (including phenoxy) is 2. The molecule has 2 aromatic rings. The number of anilines is 1. The highest BCUT2D eigenvalue weighted by atomic mass is 32.2. The van der Waals surface area contributed by atoms with Crippen molar-refractivity contribution in [3.05, 3.63) is 53.6 Å². The fourth-order valence-corrected chi connectivity index (χ4v) is 4.69. The summed E-state index contributed by atoms with van der Waals surface area (Å²) in [5, 5.41) is 2.67. The van der Waals surface area contributed by atoms with Crippen molar-refractivity contribution in [1.82, 2.24) is 4.72 Å². The van der Waals surface area contributed by atoms with Gasteiger partial charge in [-0.3, -0.25) is 4.79 Å². The fraction of sp³-hybridized carbons (Fsp3) is 0.333. The number of benzene rings is 2. The van der Waals surface area contributed by atoms with Gasteiger partial charge in [-0.1, -0.05) is 18.2 Å². The van der Waals surface area contributed by atoms with Crippen LogP contribution in [0.15, 0.2) is 47.4 Å².